The second kappa shape index (κ2) is 11.0. The van der Waals surface area contributed by atoms with Crippen molar-refractivity contribution in [1.82, 2.24) is 4.57 Å². The van der Waals surface area contributed by atoms with Gasteiger partial charge in [0.1, 0.15) is 11.6 Å². The molecule has 0 aliphatic carbocycles. The fourth-order valence-electron chi connectivity index (χ4n) is 4.48. The molecule has 0 aliphatic rings. The minimum absolute atomic E-state index is 0.0440. The normalized spacial score (nSPS) is 11.5. The number of hydrogen-bond donors (Lipinski definition) is 1. The van der Waals surface area contributed by atoms with Crippen molar-refractivity contribution < 1.29 is 22.3 Å². The number of nitrogens with one attached hydrogen (secondary N) is 1. The molecule has 39 heavy (non-hydrogen) atoms. The summed E-state index contributed by atoms with van der Waals surface area (Å²) in [4.78, 5) is 25.8. The zero-order valence-electron chi connectivity index (χ0n) is 22.6. The molecule has 4 aromatic rings. The van der Waals surface area contributed by atoms with E-state index in [1.807, 2.05) is 6.92 Å². The van der Waals surface area contributed by atoms with Crippen molar-refractivity contribution in [3.8, 4) is 17.2 Å². The fraction of sp³-hybridized carbons (Fsp3) is 0.267. The van der Waals surface area contributed by atoms with E-state index in [0.717, 1.165) is 0 Å². The van der Waals surface area contributed by atoms with Gasteiger partial charge in [-0.05, 0) is 87.7 Å². The summed E-state index contributed by atoms with van der Waals surface area (Å²) in [5, 5.41) is 0.405. The molecule has 4 rings (SSSR count). The number of aryl methyl sites for hydroxylation is 3. The van der Waals surface area contributed by atoms with Gasteiger partial charge in [-0.1, -0.05) is 13.0 Å². The van der Waals surface area contributed by atoms with Gasteiger partial charge < -0.3 is 9.30 Å². The van der Waals surface area contributed by atoms with Crippen molar-refractivity contribution in [2.45, 2.75) is 47.5 Å². The molecule has 9 heteroatoms. The maximum absolute atomic E-state index is 14.0. The van der Waals surface area contributed by atoms with E-state index >= 15 is 0 Å². The Bertz CT molecular complexity index is 1740. The molecule has 0 fully saturated rings. The lowest BCUT2D eigenvalue weighted by Gasteiger charge is -2.20. The summed E-state index contributed by atoms with van der Waals surface area (Å²) in [5.74, 6) is 0.269. The second-order valence-electron chi connectivity index (χ2n) is 9.58. The lowest BCUT2D eigenvalue weighted by molar-refractivity contribution is 0.0982. The SMILES string of the molecule is CCCC(=O)c1ccc2c(=O)c(C)cn(-c3cc(NS(=O)(=O)CC)ccc3Oc3c(C)cc(F)cc3C)c2c1. The highest BCUT2D eigenvalue weighted by atomic mass is 32.2. The number of carbonyl (C=O) groups excluding carboxylic acids is 1. The Labute approximate surface area is 227 Å². The number of benzene rings is 3. The van der Waals surface area contributed by atoms with Crippen molar-refractivity contribution in [3.63, 3.8) is 0 Å². The number of fused-ring (bicyclic) bond motifs is 1. The zero-order chi connectivity index (χ0) is 28.5. The van der Waals surface area contributed by atoms with Gasteiger partial charge in [0, 0.05) is 29.1 Å². The highest BCUT2D eigenvalue weighted by molar-refractivity contribution is 7.92. The van der Waals surface area contributed by atoms with Crippen LogP contribution in [0.1, 0.15) is 53.7 Å². The second-order valence-corrected chi connectivity index (χ2v) is 11.6. The number of carbonyl (C=O) groups is 1. The summed E-state index contributed by atoms with van der Waals surface area (Å²) in [6, 6.07) is 12.5. The number of ketones is 1. The first-order chi connectivity index (χ1) is 18.4. The van der Waals surface area contributed by atoms with Crippen LogP contribution in [-0.4, -0.2) is 24.5 Å². The number of ether oxygens (including phenoxy) is 1. The van der Waals surface area contributed by atoms with E-state index in [1.165, 1.54) is 19.1 Å². The number of hydrogen-bond acceptors (Lipinski definition) is 5. The van der Waals surface area contributed by atoms with E-state index in [0.29, 0.717) is 68.9 Å². The van der Waals surface area contributed by atoms with Gasteiger partial charge in [-0.3, -0.25) is 14.3 Å². The number of halogens is 1. The Morgan fingerprint density at radius 3 is 2.31 bits per heavy atom. The van der Waals surface area contributed by atoms with Crippen LogP contribution in [0.3, 0.4) is 0 Å². The average molecular weight is 551 g/mol. The summed E-state index contributed by atoms with van der Waals surface area (Å²) >= 11 is 0. The van der Waals surface area contributed by atoms with Gasteiger partial charge in [0.25, 0.3) is 0 Å². The van der Waals surface area contributed by atoms with Crippen molar-refractivity contribution in [1.29, 1.82) is 0 Å². The Morgan fingerprint density at radius 1 is 0.974 bits per heavy atom. The number of pyridine rings is 1. The highest BCUT2D eigenvalue weighted by Gasteiger charge is 2.18. The van der Waals surface area contributed by atoms with Crippen LogP contribution in [-0.2, 0) is 10.0 Å². The number of anilines is 1. The van der Waals surface area contributed by atoms with E-state index in [2.05, 4.69) is 4.72 Å². The topological polar surface area (TPSA) is 94.5 Å². The Balaban J connectivity index is 2.01. The first-order valence-electron chi connectivity index (χ1n) is 12.7. The molecular weight excluding hydrogens is 519 g/mol. The number of Topliss-reactive ketones (excluding diaryl/α,β-unsaturated/α-hetero) is 1. The van der Waals surface area contributed by atoms with Crippen LogP contribution in [0.5, 0.6) is 11.5 Å². The molecule has 3 aromatic carbocycles. The molecule has 0 saturated carbocycles. The molecule has 0 amide bonds. The third-order valence-corrected chi connectivity index (χ3v) is 7.80. The summed E-state index contributed by atoms with van der Waals surface area (Å²) in [7, 11) is -3.58. The van der Waals surface area contributed by atoms with Crippen molar-refractivity contribution >= 4 is 32.4 Å². The summed E-state index contributed by atoms with van der Waals surface area (Å²) in [6.45, 7) is 8.62. The van der Waals surface area contributed by atoms with Crippen LogP contribution in [0.2, 0.25) is 0 Å². The first-order valence-corrected chi connectivity index (χ1v) is 14.4. The van der Waals surface area contributed by atoms with Gasteiger partial charge in [-0.2, -0.15) is 0 Å². The molecule has 0 radical (unpaired) electrons. The quantitative estimate of drug-likeness (QED) is 0.237. The molecule has 1 aromatic heterocycles. The Hall–Kier alpha value is -3.98. The number of sulfonamides is 1. The highest BCUT2D eigenvalue weighted by Crippen LogP contribution is 2.36. The standard InChI is InChI=1S/C30H31FN2O5S/c1-6-8-27(34)21-9-11-24-25(15-21)33(17-20(5)29(24)35)26-16-23(32-39(36,37)7-2)10-12-28(26)38-30-18(3)13-22(31)14-19(30)4/h9-17,32H,6-8H2,1-5H3. The molecule has 0 spiro atoms. The van der Waals surface area contributed by atoms with Gasteiger partial charge in [0.05, 0.1) is 22.6 Å². The molecule has 0 saturated heterocycles. The predicted molar refractivity (Wildman–Crippen MR) is 153 cm³/mol. The fourth-order valence-corrected chi connectivity index (χ4v) is 5.11. The number of rotatable bonds is 9. The summed E-state index contributed by atoms with van der Waals surface area (Å²) in [6.07, 6.45) is 2.70. The van der Waals surface area contributed by atoms with Crippen LogP contribution in [0, 0.1) is 26.6 Å². The third-order valence-electron chi connectivity index (χ3n) is 6.49. The maximum atomic E-state index is 14.0. The maximum Gasteiger partial charge on any atom is 0.232 e. The van der Waals surface area contributed by atoms with Gasteiger partial charge in [0.2, 0.25) is 10.0 Å². The molecule has 1 heterocycles. The van der Waals surface area contributed by atoms with E-state index in [1.54, 1.807) is 67.9 Å². The number of aromatic nitrogens is 1. The molecule has 7 nitrogen and oxygen atoms in total. The first kappa shape index (κ1) is 28.0. The Kier molecular flexibility index (Phi) is 7.92. The van der Waals surface area contributed by atoms with Gasteiger partial charge >= 0.3 is 0 Å². The van der Waals surface area contributed by atoms with Crippen LogP contribution in [0.4, 0.5) is 10.1 Å². The average Bonchev–Trinajstić information content (AvgIpc) is 2.88. The van der Waals surface area contributed by atoms with Crippen molar-refractivity contribution in [2.24, 2.45) is 0 Å². The van der Waals surface area contributed by atoms with Gasteiger partial charge in [0.15, 0.2) is 17.0 Å². The third kappa shape index (κ3) is 5.88. The van der Waals surface area contributed by atoms with Crippen molar-refractivity contribution in [2.75, 3.05) is 10.5 Å². The monoisotopic (exact) mass is 550 g/mol. The van der Waals surface area contributed by atoms with E-state index < -0.39 is 10.0 Å². The largest absolute Gasteiger partial charge is 0.455 e. The molecule has 1 N–H and O–H groups in total. The molecule has 204 valence electrons. The summed E-state index contributed by atoms with van der Waals surface area (Å²) < 4.78 is 49.3. The van der Waals surface area contributed by atoms with Crippen LogP contribution >= 0.6 is 0 Å². The summed E-state index contributed by atoms with van der Waals surface area (Å²) in [5.41, 5.74) is 3.13. The van der Waals surface area contributed by atoms with E-state index in [-0.39, 0.29) is 22.8 Å². The van der Waals surface area contributed by atoms with Crippen molar-refractivity contribution in [3.05, 3.63) is 93.0 Å². The molecule has 0 atom stereocenters. The minimum Gasteiger partial charge on any atom is -0.455 e. The predicted octanol–water partition coefficient (Wildman–Crippen LogP) is 6.59. The van der Waals surface area contributed by atoms with E-state index in [9.17, 15) is 22.4 Å². The molecule has 0 aliphatic heterocycles. The van der Waals surface area contributed by atoms with E-state index in [4.69, 9.17) is 4.74 Å². The van der Waals surface area contributed by atoms with Gasteiger partial charge in [-0.25, -0.2) is 12.8 Å². The number of nitrogens with zero attached hydrogens (tertiary/aromatic N) is 1. The van der Waals surface area contributed by atoms with Crippen LogP contribution in [0.15, 0.2) is 59.5 Å². The van der Waals surface area contributed by atoms with Crippen LogP contribution in [0.25, 0.3) is 16.6 Å². The lowest BCUT2D eigenvalue weighted by atomic mass is 10.0. The minimum atomic E-state index is -3.58. The molecule has 0 unspecified atom stereocenters. The van der Waals surface area contributed by atoms with Crippen LogP contribution < -0.4 is 14.9 Å². The smallest absolute Gasteiger partial charge is 0.232 e. The lowest BCUT2D eigenvalue weighted by Crippen LogP contribution is -2.16. The van der Waals surface area contributed by atoms with Gasteiger partial charge in [-0.15, -0.1) is 0 Å². The molecular formula is C30H31FN2O5S. The molecule has 0 bridgehead atoms. The zero-order valence-corrected chi connectivity index (χ0v) is 23.4. The Morgan fingerprint density at radius 2 is 1.67 bits per heavy atom.